The van der Waals surface area contributed by atoms with Crippen LogP contribution >= 0.6 is 22.6 Å². The van der Waals surface area contributed by atoms with Crippen LogP contribution in [-0.4, -0.2) is 4.43 Å². The van der Waals surface area contributed by atoms with E-state index in [1.165, 1.54) is 62.2 Å². The monoisotopic (exact) mass is 600 g/mol. The normalized spacial score (nSPS) is 31.6. The van der Waals surface area contributed by atoms with Gasteiger partial charge in [0.1, 0.15) is 0 Å². The lowest BCUT2D eigenvalue weighted by atomic mass is 9.66. The average molecular weight is 601 g/mol. The van der Waals surface area contributed by atoms with E-state index in [1.807, 2.05) is 0 Å². The van der Waals surface area contributed by atoms with Gasteiger partial charge in [0.05, 0.1) is 0 Å². The Balaban J connectivity index is 1.29. The molecule has 0 amide bonds. The standard InChI is InChI=1S/C36H41I/c1-2-25(24-37)29-20-21-31(35-14-7-6-12-33(29)35)27-16-18-28(19-17-27)32-23-22-30(26-10-4-3-5-11-26)34-13-8-9-15-36(32)34/h6-10,12-16,18,20-21,25,30,33-35H,2-5,11,17,19,22-24H2,1H3. The molecule has 1 heteroatoms. The van der Waals surface area contributed by atoms with Gasteiger partial charge in [-0.25, -0.2) is 0 Å². The maximum absolute atomic E-state index is 2.58. The first-order valence-corrected chi connectivity index (χ1v) is 16.3. The summed E-state index contributed by atoms with van der Waals surface area (Å²) in [4.78, 5) is 0. The van der Waals surface area contributed by atoms with Gasteiger partial charge in [-0.2, -0.15) is 0 Å². The summed E-state index contributed by atoms with van der Waals surface area (Å²) < 4.78 is 1.21. The summed E-state index contributed by atoms with van der Waals surface area (Å²) in [6.07, 6.45) is 42.9. The van der Waals surface area contributed by atoms with Crippen molar-refractivity contribution < 1.29 is 0 Å². The predicted octanol–water partition coefficient (Wildman–Crippen LogP) is 10.3. The Bertz CT molecular complexity index is 1210. The van der Waals surface area contributed by atoms with Crippen molar-refractivity contribution in [2.75, 3.05) is 4.43 Å². The molecule has 0 fully saturated rings. The lowest BCUT2D eigenvalue weighted by Gasteiger charge is -2.38. The van der Waals surface area contributed by atoms with Crippen LogP contribution < -0.4 is 0 Å². The average Bonchev–Trinajstić information content (AvgIpc) is 2.98. The van der Waals surface area contributed by atoms with Crippen molar-refractivity contribution in [3.05, 3.63) is 118 Å². The Morgan fingerprint density at radius 2 is 1.59 bits per heavy atom. The van der Waals surface area contributed by atoms with Crippen molar-refractivity contribution in [2.24, 2.45) is 29.6 Å². The summed E-state index contributed by atoms with van der Waals surface area (Å²) in [5, 5.41) is 0. The van der Waals surface area contributed by atoms with E-state index in [0.29, 0.717) is 23.7 Å². The zero-order chi connectivity index (χ0) is 25.2. The molecule has 0 radical (unpaired) electrons. The maximum atomic E-state index is 2.58. The summed E-state index contributed by atoms with van der Waals surface area (Å²) in [6, 6.07) is 0. The maximum Gasteiger partial charge on any atom is 0.0124 e. The van der Waals surface area contributed by atoms with Crippen molar-refractivity contribution in [1.82, 2.24) is 0 Å². The molecule has 0 aliphatic heterocycles. The Morgan fingerprint density at radius 3 is 2.35 bits per heavy atom. The Labute approximate surface area is 238 Å². The van der Waals surface area contributed by atoms with Crippen LogP contribution in [0.3, 0.4) is 0 Å². The third-order valence-electron chi connectivity index (χ3n) is 9.75. The molecule has 192 valence electrons. The molecule has 0 aromatic rings. The minimum absolute atomic E-state index is 0.500. The summed E-state index contributed by atoms with van der Waals surface area (Å²) in [6.45, 7) is 2.34. The Kier molecular flexibility index (Phi) is 7.88. The molecule has 5 unspecified atom stereocenters. The molecule has 0 N–H and O–H groups in total. The van der Waals surface area contributed by atoms with Gasteiger partial charge >= 0.3 is 0 Å². The highest BCUT2D eigenvalue weighted by Crippen LogP contribution is 2.48. The third-order valence-corrected chi connectivity index (χ3v) is 10.8. The molecule has 0 heterocycles. The predicted molar refractivity (Wildman–Crippen MR) is 168 cm³/mol. The van der Waals surface area contributed by atoms with Crippen molar-refractivity contribution >= 4 is 22.6 Å². The summed E-state index contributed by atoms with van der Waals surface area (Å²) in [7, 11) is 0. The van der Waals surface area contributed by atoms with Gasteiger partial charge in [-0.15, -0.1) is 0 Å². The van der Waals surface area contributed by atoms with Gasteiger partial charge in [0.25, 0.3) is 0 Å². The molecule has 0 aromatic carbocycles. The quantitative estimate of drug-likeness (QED) is 0.162. The van der Waals surface area contributed by atoms with E-state index in [9.17, 15) is 0 Å². The highest BCUT2D eigenvalue weighted by atomic mass is 127. The SMILES string of the molecule is CCC(CI)C1=CC=C(C2=CC=C(C3=C4C=CC=CC4C(C4=CCCCC4)CC3)CC2)C2C=CC=CC12. The van der Waals surface area contributed by atoms with Crippen LogP contribution in [0.4, 0.5) is 0 Å². The number of halogens is 1. The second-order valence-corrected chi connectivity index (χ2v) is 12.5. The van der Waals surface area contributed by atoms with Crippen molar-refractivity contribution in [2.45, 2.75) is 64.7 Å². The summed E-state index contributed by atoms with van der Waals surface area (Å²) >= 11 is 2.57. The highest BCUT2D eigenvalue weighted by molar-refractivity contribution is 14.1. The van der Waals surface area contributed by atoms with Crippen LogP contribution in [0.5, 0.6) is 0 Å². The number of allylic oxidation sites excluding steroid dienone is 20. The van der Waals surface area contributed by atoms with Crippen LogP contribution in [0, 0.1) is 29.6 Å². The van der Waals surface area contributed by atoms with Crippen molar-refractivity contribution in [1.29, 1.82) is 0 Å². The van der Waals surface area contributed by atoms with Gasteiger partial charge in [0, 0.05) is 22.2 Å². The van der Waals surface area contributed by atoms with Gasteiger partial charge in [-0.1, -0.05) is 120 Å². The van der Waals surface area contributed by atoms with E-state index >= 15 is 0 Å². The molecule has 0 saturated carbocycles. The van der Waals surface area contributed by atoms with Gasteiger partial charge in [0.15, 0.2) is 0 Å². The summed E-state index contributed by atoms with van der Waals surface area (Å²) in [5.74, 6) is 3.03. The number of hydrogen-bond donors (Lipinski definition) is 0. The van der Waals surface area contributed by atoms with Gasteiger partial charge in [-0.3, -0.25) is 0 Å². The lowest BCUT2D eigenvalue weighted by Crippen LogP contribution is -2.26. The van der Waals surface area contributed by atoms with Crippen LogP contribution in [0.25, 0.3) is 0 Å². The number of fused-ring (bicyclic) bond motifs is 2. The smallest absolute Gasteiger partial charge is 0.0124 e. The molecule has 0 bridgehead atoms. The topological polar surface area (TPSA) is 0 Å². The molecule has 0 saturated heterocycles. The third kappa shape index (κ3) is 4.98. The zero-order valence-corrected chi connectivity index (χ0v) is 24.5. The van der Waals surface area contributed by atoms with Crippen LogP contribution in [0.1, 0.15) is 64.7 Å². The number of rotatable bonds is 6. The molecule has 0 spiro atoms. The second-order valence-electron chi connectivity index (χ2n) is 11.6. The van der Waals surface area contributed by atoms with Gasteiger partial charge in [-0.05, 0) is 97.5 Å². The molecule has 0 nitrogen and oxygen atoms in total. The number of alkyl halides is 1. The fraction of sp³-hybridized carbons (Fsp3) is 0.444. The van der Waals surface area contributed by atoms with Gasteiger partial charge < -0.3 is 0 Å². The first kappa shape index (κ1) is 25.4. The van der Waals surface area contributed by atoms with Crippen molar-refractivity contribution in [3.8, 4) is 0 Å². The molecule has 0 aromatic heterocycles. The summed E-state index contributed by atoms with van der Waals surface area (Å²) in [5.41, 5.74) is 11.4. The van der Waals surface area contributed by atoms with E-state index in [2.05, 4.69) is 109 Å². The molecule has 6 aliphatic carbocycles. The van der Waals surface area contributed by atoms with E-state index in [1.54, 1.807) is 39.0 Å². The van der Waals surface area contributed by atoms with E-state index in [-0.39, 0.29) is 0 Å². The fourth-order valence-electron chi connectivity index (χ4n) is 7.72. The molecule has 6 rings (SSSR count). The van der Waals surface area contributed by atoms with Gasteiger partial charge in [0.2, 0.25) is 0 Å². The molecule has 6 aliphatic rings. The number of hydrogen-bond acceptors (Lipinski definition) is 0. The molecular formula is C36H41I. The van der Waals surface area contributed by atoms with E-state index in [0.717, 1.165) is 5.92 Å². The molecular weight excluding hydrogens is 559 g/mol. The fourth-order valence-corrected chi connectivity index (χ4v) is 8.85. The lowest BCUT2D eigenvalue weighted by molar-refractivity contribution is 0.421. The minimum atomic E-state index is 0.500. The van der Waals surface area contributed by atoms with Crippen LogP contribution in [-0.2, 0) is 0 Å². The minimum Gasteiger partial charge on any atom is -0.0857 e. The Hall–Kier alpha value is -1.87. The Morgan fingerprint density at radius 1 is 0.811 bits per heavy atom. The van der Waals surface area contributed by atoms with Crippen LogP contribution in [0.2, 0.25) is 0 Å². The first-order chi connectivity index (χ1) is 18.3. The molecule has 37 heavy (non-hydrogen) atoms. The highest BCUT2D eigenvalue weighted by Gasteiger charge is 2.35. The largest absolute Gasteiger partial charge is 0.0857 e. The zero-order valence-electron chi connectivity index (χ0n) is 22.3. The first-order valence-electron chi connectivity index (χ1n) is 14.8. The van der Waals surface area contributed by atoms with E-state index < -0.39 is 0 Å². The molecule has 5 atom stereocenters. The van der Waals surface area contributed by atoms with Crippen molar-refractivity contribution in [3.63, 3.8) is 0 Å². The second kappa shape index (κ2) is 11.5. The van der Waals surface area contributed by atoms with Crippen LogP contribution in [0.15, 0.2) is 118 Å². The van der Waals surface area contributed by atoms with E-state index in [4.69, 9.17) is 0 Å².